The van der Waals surface area contributed by atoms with Crippen LogP contribution in [0.4, 0.5) is 0 Å². The lowest BCUT2D eigenvalue weighted by molar-refractivity contribution is 0.664. The summed E-state index contributed by atoms with van der Waals surface area (Å²) in [5, 5.41) is 7.70. The van der Waals surface area contributed by atoms with Crippen LogP contribution in [0.2, 0.25) is 0 Å². The van der Waals surface area contributed by atoms with Gasteiger partial charge in [-0.1, -0.05) is 115 Å². The summed E-state index contributed by atoms with van der Waals surface area (Å²) in [6.07, 6.45) is -0.333. The molecule has 0 bridgehead atoms. The third-order valence-electron chi connectivity index (χ3n) is 9.13. The average Bonchev–Trinajstić information content (AvgIpc) is 3.73. The van der Waals surface area contributed by atoms with E-state index in [1.54, 1.807) is 0 Å². The Kier molecular flexibility index (Phi) is 5.84. The third-order valence-corrected chi connectivity index (χ3v) is 9.13. The first-order valence-electron chi connectivity index (χ1n) is 16.0. The van der Waals surface area contributed by atoms with Crippen molar-refractivity contribution in [3.05, 3.63) is 162 Å². The first-order valence-corrected chi connectivity index (χ1v) is 16.0. The standard InChI is InChI=1S/C42H26N4O2/c1-3-12-25(13-4-1)40-44-41(26-14-5-2-6-15-26)46-42(45-40)32-23-22-31(30-19-11-18-29-28-17-8-10-21-34(28)47-38(29)30)39-36(32)37-35(48-39)24-27-16-7-9-20-33(27)43-37/h1-24,40H,(H,44,45,46). The molecule has 0 radical (unpaired) electrons. The zero-order chi connectivity index (χ0) is 31.6. The number of pyridine rings is 1. The van der Waals surface area contributed by atoms with Crippen molar-refractivity contribution < 1.29 is 8.83 Å². The molecule has 1 N–H and O–H groups in total. The van der Waals surface area contributed by atoms with Crippen molar-refractivity contribution in [2.45, 2.75) is 6.17 Å². The van der Waals surface area contributed by atoms with Crippen molar-refractivity contribution in [2.75, 3.05) is 0 Å². The number of furan rings is 2. The zero-order valence-electron chi connectivity index (χ0n) is 25.6. The monoisotopic (exact) mass is 618 g/mol. The summed E-state index contributed by atoms with van der Waals surface area (Å²) in [5.74, 6) is 1.36. The van der Waals surface area contributed by atoms with E-state index in [-0.39, 0.29) is 6.17 Å². The van der Waals surface area contributed by atoms with Gasteiger partial charge in [0.2, 0.25) is 0 Å². The van der Waals surface area contributed by atoms with E-state index in [1.165, 1.54) is 0 Å². The van der Waals surface area contributed by atoms with Crippen molar-refractivity contribution in [1.82, 2.24) is 10.3 Å². The molecule has 1 aliphatic heterocycles. The minimum atomic E-state index is -0.333. The highest BCUT2D eigenvalue weighted by Crippen LogP contribution is 2.42. The van der Waals surface area contributed by atoms with Gasteiger partial charge >= 0.3 is 0 Å². The van der Waals surface area contributed by atoms with E-state index in [9.17, 15) is 0 Å². The van der Waals surface area contributed by atoms with Crippen LogP contribution >= 0.6 is 0 Å². The van der Waals surface area contributed by atoms with E-state index in [1.807, 2.05) is 84.9 Å². The number of aliphatic imine (C=N–C) groups is 2. The minimum Gasteiger partial charge on any atom is -0.455 e. The van der Waals surface area contributed by atoms with Crippen molar-refractivity contribution in [3.8, 4) is 11.1 Å². The summed E-state index contributed by atoms with van der Waals surface area (Å²) in [4.78, 5) is 15.4. The maximum absolute atomic E-state index is 6.81. The first kappa shape index (κ1) is 26.7. The second-order valence-corrected chi connectivity index (χ2v) is 12.0. The van der Waals surface area contributed by atoms with Gasteiger partial charge in [-0.25, -0.2) is 15.0 Å². The van der Waals surface area contributed by atoms with E-state index in [2.05, 4.69) is 66.0 Å². The lowest BCUT2D eigenvalue weighted by atomic mass is 9.97. The van der Waals surface area contributed by atoms with Crippen molar-refractivity contribution in [3.63, 3.8) is 0 Å². The van der Waals surface area contributed by atoms with E-state index in [0.717, 1.165) is 77.1 Å². The molecule has 1 aliphatic rings. The molecule has 4 heterocycles. The highest BCUT2D eigenvalue weighted by atomic mass is 16.3. The number of hydrogen-bond donors (Lipinski definition) is 1. The normalized spacial score (nSPS) is 14.9. The average molecular weight is 619 g/mol. The molecular weight excluding hydrogens is 592 g/mol. The summed E-state index contributed by atoms with van der Waals surface area (Å²) >= 11 is 0. The molecule has 0 saturated carbocycles. The van der Waals surface area contributed by atoms with Crippen LogP contribution in [0.5, 0.6) is 0 Å². The SMILES string of the molecule is c1ccc(C2=NC(c3ccccc3)NC(c3ccc(-c4cccc5c4oc4ccccc45)c4oc5cc6ccccc6nc5c34)=N2)cc1. The first-order chi connectivity index (χ1) is 23.8. The molecule has 0 aliphatic carbocycles. The van der Waals surface area contributed by atoms with Gasteiger partial charge in [-0.15, -0.1) is 0 Å². The highest BCUT2D eigenvalue weighted by Gasteiger charge is 2.26. The molecule has 0 saturated heterocycles. The second kappa shape index (κ2) is 10.5. The molecule has 0 fully saturated rings. The van der Waals surface area contributed by atoms with Gasteiger partial charge < -0.3 is 14.2 Å². The van der Waals surface area contributed by atoms with Gasteiger partial charge in [-0.2, -0.15) is 0 Å². The molecule has 1 unspecified atom stereocenters. The van der Waals surface area contributed by atoms with E-state index in [4.69, 9.17) is 23.8 Å². The van der Waals surface area contributed by atoms with Crippen molar-refractivity contribution >= 4 is 66.6 Å². The van der Waals surface area contributed by atoms with Crippen molar-refractivity contribution in [2.24, 2.45) is 9.98 Å². The molecular formula is C42H26N4O2. The van der Waals surface area contributed by atoms with E-state index in [0.29, 0.717) is 17.3 Å². The number of nitrogens with one attached hydrogen (secondary N) is 1. The molecule has 6 nitrogen and oxygen atoms in total. The lowest BCUT2D eigenvalue weighted by Crippen LogP contribution is -2.33. The largest absolute Gasteiger partial charge is 0.455 e. The molecule has 226 valence electrons. The summed E-state index contributed by atoms with van der Waals surface area (Å²) in [5.41, 5.74) is 9.54. The van der Waals surface area contributed by atoms with Gasteiger partial charge in [0.25, 0.3) is 0 Å². The van der Waals surface area contributed by atoms with Crippen LogP contribution in [0.25, 0.3) is 66.0 Å². The summed E-state index contributed by atoms with van der Waals surface area (Å²) in [6, 6.07) is 49.2. The minimum absolute atomic E-state index is 0.333. The van der Waals surface area contributed by atoms with Gasteiger partial charge in [0, 0.05) is 38.4 Å². The number of benzene rings is 6. The topological polar surface area (TPSA) is 75.9 Å². The second-order valence-electron chi connectivity index (χ2n) is 12.0. The van der Waals surface area contributed by atoms with Gasteiger partial charge in [0.15, 0.2) is 11.4 Å². The Hall–Kier alpha value is -6.53. The summed E-state index contributed by atoms with van der Waals surface area (Å²) in [7, 11) is 0. The Labute approximate surface area is 274 Å². The highest BCUT2D eigenvalue weighted by molar-refractivity contribution is 6.24. The number of aromatic nitrogens is 1. The molecule has 9 aromatic rings. The smallest absolute Gasteiger partial charge is 0.159 e. The fourth-order valence-electron chi connectivity index (χ4n) is 6.86. The van der Waals surface area contributed by atoms with E-state index < -0.39 is 0 Å². The number of amidine groups is 2. The van der Waals surface area contributed by atoms with Crippen LogP contribution < -0.4 is 5.32 Å². The van der Waals surface area contributed by atoms with Crippen LogP contribution in [-0.2, 0) is 0 Å². The Bertz CT molecular complexity index is 2760. The molecule has 48 heavy (non-hydrogen) atoms. The maximum Gasteiger partial charge on any atom is 0.159 e. The lowest BCUT2D eigenvalue weighted by Gasteiger charge is -2.24. The van der Waals surface area contributed by atoms with Crippen LogP contribution in [0, 0.1) is 0 Å². The molecule has 3 aromatic heterocycles. The zero-order valence-corrected chi connectivity index (χ0v) is 25.6. The Morgan fingerprint density at radius 2 is 1.27 bits per heavy atom. The molecule has 0 amide bonds. The van der Waals surface area contributed by atoms with Crippen LogP contribution in [0.3, 0.4) is 0 Å². The maximum atomic E-state index is 6.81. The van der Waals surface area contributed by atoms with Gasteiger partial charge in [0.1, 0.15) is 34.3 Å². The fourth-order valence-corrected chi connectivity index (χ4v) is 6.86. The molecule has 0 spiro atoms. The van der Waals surface area contributed by atoms with Gasteiger partial charge in [-0.3, -0.25) is 0 Å². The number of fused-ring (bicyclic) bond motifs is 7. The third kappa shape index (κ3) is 4.16. The number of rotatable bonds is 4. The number of para-hydroxylation sites is 3. The van der Waals surface area contributed by atoms with Gasteiger partial charge in [0.05, 0.1) is 10.9 Å². The fraction of sp³-hybridized carbons (Fsp3) is 0.0238. The van der Waals surface area contributed by atoms with Crippen molar-refractivity contribution in [1.29, 1.82) is 0 Å². The summed E-state index contributed by atoms with van der Waals surface area (Å²) in [6.45, 7) is 0. The predicted molar refractivity (Wildman–Crippen MR) is 194 cm³/mol. The van der Waals surface area contributed by atoms with E-state index >= 15 is 0 Å². The quantitative estimate of drug-likeness (QED) is 0.213. The number of nitrogens with zero attached hydrogens (tertiary/aromatic N) is 3. The molecule has 6 heteroatoms. The molecule has 6 aromatic carbocycles. The predicted octanol–water partition coefficient (Wildman–Crippen LogP) is 10.2. The summed E-state index contributed by atoms with van der Waals surface area (Å²) < 4.78 is 13.3. The molecule has 10 rings (SSSR count). The van der Waals surface area contributed by atoms with Crippen LogP contribution in [-0.4, -0.2) is 16.7 Å². The Morgan fingerprint density at radius 1 is 0.562 bits per heavy atom. The van der Waals surface area contributed by atoms with Crippen LogP contribution in [0.1, 0.15) is 22.9 Å². The van der Waals surface area contributed by atoms with Gasteiger partial charge in [-0.05, 0) is 35.9 Å². The van der Waals surface area contributed by atoms with Crippen LogP contribution in [0.15, 0.2) is 164 Å². The molecule has 1 atom stereocenters. The number of hydrogen-bond acceptors (Lipinski definition) is 6. The Morgan fingerprint density at radius 3 is 2.17 bits per heavy atom. The Balaban J connectivity index is 1.26.